The van der Waals surface area contributed by atoms with E-state index in [1.807, 2.05) is 27.7 Å². The molecule has 1 atom stereocenters. The van der Waals surface area contributed by atoms with Crippen LogP contribution in [0.2, 0.25) is 0 Å². The predicted molar refractivity (Wildman–Crippen MR) is 55.4 cm³/mol. The molecule has 0 bridgehead atoms. The van der Waals surface area contributed by atoms with Crippen molar-refractivity contribution >= 4 is 28.9 Å². The van der Waals surface area contributed by atoms with Gasteiger partial charge in [-0.3, -0.25) is 0 Å². The molecule has 1 unspecified atom stereocenters. The van der Waals surface area contributed by atoms with Crippen molar-refractivity contribution < 1.29 is 29.3 Å². The van der Waals surface area contributed by atoms with E-state index in [4.69, 9.17) is 0 Å². The summed E-state index contributed by atoms with van der Waals surface area (Å²) in [5, 5.41) is 0. The third-order valence-corrected chi connectivity index (χ3v) is 6.24. The maximum atomic E-state index is 10.9. The standard InChI is InChI=1S/C7H17O2PS2.Zn/c1-5-7(4,6(2)3)12-10(8,9)11;/h6H,5H2,1-4H3,(H2,8,9,11);/q;+2/p-2. The molecular weight excluding hydrogens is 277 g/mol. The molecule has 0 aromatic rings. The second-order valence-corrected chi connectivity index (χ2v) is 9.49. The summed E-state index contributed by atoms with van der Waals surface area (Å²) in [6.07, 6.45) is 0.818. The fraction of sp³-hybridized carbons (Fsp3) is 1.00. The van der Waals surface area contributed by atoms with E-state index in [1.165, 1.54) is 0 Å². The van der Waals surface area contributed by atoms with Crippen molar-refractivity contribution in [2.75, 3.05) is 0 Å². The van der Waals surface area contributed by atoms with Crippen LogP contribution >= 0.6 is 17.1 Å². The fourth-order valence-electron chi connectivity index (χ4n) is 0.834. The third kappa shape index (κ3) is 6.59. The van der Waals surface area contributed by atoms with Gasteiger partial charge in [-0.2, -0.15) is 5.69 Å². The van der Waals surface area contributed by atoms with Gasteiger partial charge in [0.15, 0.2) is 0 Å². The molecule has 0 aromatic carbocycles. The second-order valence-electron chi connectivity index (χ2n) is 3.36. The average molecular weight is 292 g/mol. The Labute approximate surface area is 103 Å². The molecule has 0 fully saturated rings. The molecule has 0 saturated heterocycles. The summed E-state index contributed by atoms with van der Waals surface area (Å²) < 4.78 is -0.237. The summed E-state index contributed by atoms with van der Waals surface area (Å²) in [7, 11) is 0. The van der Waals surface area contributed by atoms with E-state index < -0.39 is 5.69 Å². The van der Waals surface area contributed by atoms with Crippen molar-refractivity contribution in [2.45, 2.75) is 38.9 Å². The Bertz CT molecular complexity index is 195. The molecule has 0 spiro atoms. The van der Waals surface area contributed by atoms with E-state index in [9.17, 15) is 9.79 Å². The topological polar surface area (TPSA) is 46.1 Å². The van der Waals surface area contributed by atoms with Crippen molar-refractivity contribution in [1.82, 2.24) is 0 Å². The molecule has 0 amide bonds. The Morgan fingerprint density at radius 1 is 1.46 bits per heavy atom. The maximum Gasteiger partial charge on any atom is 2.00 e. The average Bonchev–Trinajstić information content (AvgIpc) is 1.83. The molecule has 0 aromatic heterocycles. The smallest absolute Gasteiger partial charge is 0.825 e. The largest absolute Gasteiger partial charge is 2.00 e. The van der Waals surface area contributed by atoms with Crippen molar-refractivity contribution in [2.24, 2.45) is 5.92 Å². The molecule has 0 radical (unpaired) electrons. The van der Waals surface area contributed by atoms with Crippen LogP contribution in [0.15, 0.2) is 0 Å². The quantitative estimate of drug-likeness (QED) is 0.581. The molecule has 0 aliphatic rings. The Kier molecular flexibility index (Phi) is 8.08. The van der Waals surface area contributed by atoms with Gasteiger partial charge in [0, 0.05) is 4.75 Å². The van der Waals surface area contributed by atoms with Gasteiger partial charge in [-0.1, -0.05) is 20.8 Å². The van der Waals surface area contributed by atoms with Crippen molar-refractivity contribution in [3.63, 3.8) is 0 Å². The van der Waals surface area contributed by atoms with Gasteiger partial charge in [0.05, 0.1) is 0 Å². The molecule has 0 aliphatic heterocycles. The second kappa shape index (κ2) is 6.20. The van der Waals surface area contributed by atoms with Gasteiger partial charge >= 0.3 is 19.5 Å². The number of rotatable bonds is 4. The minimum absolute atomic E-state index is 0. The van der Waals surface area contributed by atoms with Crippen molar-refractivity contribution in [3.8, 4) is 0 Å². The zero-order valence-electron chi connectivity index (χ0n) is 8.57. The van der Waals surface area contributed by atoms with Gasteiger partial charge in [0.25, 0.3) is 0 Å². The van der Waals surface area contributed by atoms with Gasteiger partial charge < -0.3 is 9.79 Å². The molecule has 0 N–H and O–H groups in total. The first-order valence-corrected chi connectivity index (χ1v) is 8.00. The van der Waals surface area contributed by atoms with E-state index in [1.54, 1.807) is 0 Å². The maximum absolute atomic E-state index is 10.9. The summed E-state index contributed by atoms with van der Waals surface area (Å²) in [6.45, 7) is 7.96. The first-order valence-electron chi connectivity index (χ1n) is 3.94. The summed E-state index contributed by atoms with van der Waals surface area (Å²) in [5.74, 6) is 0.317. The van der Waals surface area contributed by atoms with Crippen LogP contribution in [0.4, 0.5) is 0 Å². The van der Waals surface area contributed by atoms with Crippen LogP contribution < -0.4 is 9.79 Å². The molecule has 6 heteroatoms. The summed E-state index contributed by atoms with van der Waals surface area (Å²) in [5.41, 5.74) is -3.61. The van der Waals surface area contributed by atoms with E-state index in [0.717, 1.165) is 17.8 Å². The molecule has 0 rings (SSSR count). The zero-order valence-corrected chi connectivity index (χ0v) is 14.1. The monoisotopic (exact) mass is 290 g/mol. The Hall–Kier alpha value is 1.54. The molecule has 2 nitrogen and oxygen atoms in total. The summed E-state index contributed by atoms with van der Waals surface area (Å²) in [4.78, 5) is 21.8. The van der Waals surface area contributed by atoms with Crippen LogP contribution in [0.25, 0.3) is 0 Å². The fourth-order valence-corrected chi connectivity index (χ4v) is 5.77. The Morgan fingerprint density at radius 2 is 1.85 bits per heavy atom. The van der Waals surface area contributed by atoms with Crippen LogP contribution in [0.1, 0.15) is 34.1 Å². The predicted octanol–water partition coefficient (Wildman–Crippen LogP) is 1.49. The van der Waals surface area contributed by atoms with Gasteiger partial charge in [0.1, 0.15) is 0 Å². The minimum Gasteiger partial charge on any atom is -0.825 e. The van der Waals surface area contributed by atoms with E-state index in [0.29, 0.717) is 5.92 Å². The number of hydrogen-bond acceptors (Lipinski definition) is 4. The number of hydrogen-bond donors (Lipinski definition) is 0. The SMILES string of the molecule is CCC(C)(SP([O-])([O-])=S)C(C)C.[Zn+2]. The van der Waals surface area contributed by atoms with E-state index in [2.05, 4.69) is 11.8 Å². The van der Waals surface area contributed by atoms with Crippen LogP contribution in [0.3, 0.4) is 0 Å². The molecule has 0 saturated carbocycles. The first kappa shape index (κ1) is 17.0. The normalized spacial score (nSPS) is 16.5. The van der Waals surface area contributed by atoms with Crippen LogP contribution in [0, 0.1) is 5.92 Å². The molecule has 0 aliphatic carbocycles. The van der Waals surface area contributed by atoms with Crippen LogP contribution in [-0.2, 0) is 31.3 Å². The first-order chi connectivity index (χ1) is 5.21. The molecular formula is C7H15O2PS2Zn. The van der Waals surface area contributed by atoms with Crippen molar-refractivity contribution in [3.05, 3.63) is 0 Å². The van der Waals surface area contributed by atoms with Crippen LogP contribution in [0.5, 0.6) is 0 Å². The molecule has 13 heavy (non-hydrogen) atoms. The zero-order chi connectivity index (χ0) is 9.99. The van der Waals surface area contributed by atoms with Gasteiger partial charge in [-0.25, -0.2) is 0 Å². The third-order valence-electron chi connectivity index (χ3n) is 2.24. The van der Waals surface area contributed by atoms with Crippen molar-refractivity contribution in [1.29, 1.82) is 0 Å². The Morgan fingerprint density at radius 3 is 1.92 bits per heavy atom. The minimum atomic E-state index is -3.61. The van der Waals surface area contributed by atoms with Crippen LogP contribution in [-0.4, -0.2) is 4.75 Å². The molecule has 74 valence electrons. The van der Waals surface area contributed by atoms with E-state index in [-0.39, 0.29) is 24.2 Å². The van der Waals surface area contributed by atoms with E-state index >= 15 is 0 Å². The summed E-state index contributed by atoms with van der Waals surface area (Å²) >= 11 is 5.31. The van der Waals surface area contributed by atoms with Gasteiger partial charge in [-0.15, -0.1) is 23.2 Å². The van der Waals surface area contributed by atoms with Gasteiger partial charge in [-0.05, 0) is 19.3 Å². The molecule has 0 heterocycles. The van der Waals surface area contributed by atoms with Gasteiger partial charge in [0.2, 0.25) is 0 Å². The summed E-state index contributed by atoms with van der Waals surface area (Å²) in [6, 6.07) is 0. The Balaban J connectivity index is 0.